The summed E-state index contributed by atoms with van der Waals surface area (Å²) in [6, 6.07) is 9.63. The van der Waals surface area contributed by atoms with E-state index in [4.69, 9.17) is 8.83 Å². The number of anilines is 1. The number of carbonyl (C=O) groups is 1. The highest BCUT2D eigenvalue weighted by molar-refractivity contribution is 9.10. The number of nitrogens with zero attached hydrogens (tertiary/aromatic N) is 2. The fourth-order valence-electron chi connectivity index (χ4n) is 2.72. The van der Waals surface area contributed by atoms with E-state index >= 15 is 0 Å². The van der Waals surface area contributed by atoms with E-state index in [9.17, 15) is 18.0 Å². The number of hydrogen-bond donors (Lipinski definition) is 1. The number of amides is 1. The van der Waals surface area contributed by atoms with Crippen molar-refractivity contribution in [3.05, 3.63) is 70.5 Å². The zero-order chi connectivity index (χ0) is 19.9. The average Bonchev–Trinajstić information content (AvgIpc) is 3.35. The van der Waals surface area contributed by atoms with Gasteiger partial charge in [0.2, 0.25) is 5.95 Å². The quantitative estimate of drug-likeness (QED) is 0.454. The van der Waals surface area contributed by atoms with Crippen LogP contribution in [0.3, 0.4) is 0 Å². The minimum absolute atomic E-state index is 0.0273. The SMILES string of the molecule is O=C(Nc1nc2cc(C(F)(F)F)ccc2n1Cc1ccco1)c1ccc(Br)o1. The summed E-state index contributed by atoms with van der Waals surface area (Å²) in [5.74, 6) is 0.0656. The molecular formula is C18H11BrF3N3O3. The summed E-state index contributed by atoms with van der Waals surface area (Å²) >= 11 is 3.11. The second kappa shape index (κ2) is 6.86. The van der Waals surface area contributed by atoms with Gasteiger partial charge < -0.3 is 13.4 Å². The molecular weight excluding hydrogens is 443 g/mol. The fraction of sp³-hybridized carbons (Fsp3) is 0.111. The number of fused-ring (bicyclic) bond motifs is 1. The van der Waals surface area contributed by atoms with Gasteiger partial charge in [0.05, 0.1) is 29.4 Å². The van der Waals surface area contributed by atoms with Gasteiger partial charge in [-0.3, -0.25) is 10.1 Å². The van der Waals surface area contributed by atoms with Crippen molar-refractivity contribution in [2.45, 2.75) is 12.7 Å². The van der Waals surface area contributed by atoms with Crippen LogP contribution in [0.4, 0.5) is 19.1 Å². The molecule has 0 bridgehead atoms. The topological polar surface area (TPSA) is 73.2 Å². The van der Waals surface area contributed by atoms with Gasteiger partial charge in [0, 0.05) is 0 Å². The number of carbonyl (C=O) groups excluding carboxylic acids is 1. The average molecular weight is 454 g/mol. The molecule has 6 nitrogen and oxygen atoms in total. The molecule has 0 saturated carbocycles. The Balaban J connectivity index is 1.77. The number of halogens is 4. The van der Waals surface area contributed by atoms with Crippen LogP contribution in [0.2, 0.25) is 0 Å². The number of hydrogen-bond acceptors (Lipinski definition) is 4. The molecule has 4 rings (SSSR count). The summed E-state index contributed by atoms with van der Waals surface area (Å²) in [5.41, 5.74) is -0.312. The first-order valence-electron chi connectivity index (χ1n) is 7.98. The zero-order valence-electron chi connectivity index (χ0n) is 14.0. The Morgan fingerprint density at radius 1 is 1.21 bits per heavy atom. The predicted octanol–water partition coefficient (Wildman–Crippen LogP) is 5.30. The predicted molar refractivity (Wildman–Crippen MR) is 96.9 cm³/mol. The smallest absolute Gasteiger partial charge is 0.416 e. The maximum absolute atomic E-state index is 13.0. The van der Waals surface area contributed by atoms with Crippen molar-refractivity contribution in [1.29, 1.82) is 0 Å². The standard InChI is InChI=1S/C18H11BrF3N3O3/c19-15-6-5-14(28-15)16(26)24-17-23-12-8-10(18(20,21)22)3-4-13(12)25(17)9-11-2-1-7-27-11/h1-8H,9H2,(H,23,24,26). The zero-order valence-corrected chi connectivity index (χ0v) is 15.5. The number of furan rings is 2. The van der Waals surface area contributed by atoms with Gasteiger partial charge in [-0.25, -0.2) is 4.98 Å². The normalized spacial score (nSPS) is 11.9. The fourth-order valence-corrected chi connectivity index (χ4v) is 3.03. The third-order valence-corrected chi connectivity index (χ3v) is 4.42. The molecule has 4 aromatic rings. The molecule has 0 saturated heterocycles. The van der Waals surface area contributed by atoms with Gasteiger partial charge in [0.25, 0.3) is 5.91 Å². The van der Waals surface area contributed by atoms with Crippen LogP contribution in [0.1, 0.15) is 21.9 Å². The lowest BCUT2D eigenvalue weighted by Crippen LogP contribution is -2.15. The molecule has 1 aromatic carbocycles. The van der Waals surface area contributed by atoms with Crippen LogP contribution >= 0.6 is 15.9 Å². The lowest BCUT2D eigenvalue weighted by atomic mass is 10.2. The van der Waals surface area contributed by atoms with Gasteiger partial charge in [-0.1, -0.05) is 0 Å². The van der Waals surface area contributed by atoms with Crippen molar-refractivity contribution in [1.82, 2.24) is 9.55 Å². The molecule has 0 aliphatic rings. The van der Waals surface area contributed by atoms with Gasteiger partial charge >= 0.3 is 6.18 Å². The summed E-state index contributed by atoms with van der Waals surface area (Å²) in [6.45, 7) is 0.173. The Bertz CT molecular complexity index is 1150. The van der Waals surface area contributed by atoms with Crippen LogP contribution in [0, 0.1) is 0 Å². The van der Waals surface area contributed by atoms with Gasteiger partial charge in [0.15, 0.2) is 10.4 Å². The summed E-state index contributed by atoms with van der Waals surface area (Å²) in [7, 11) is 0. The minimum Gasteiger partial charge on any atom is -0.467 e. The molecule has 0 aliphatic heterocycles. The van der Waals surface area contributed by atoms with Crippen LogP contribution in [0.25, 0.3) is 11.0 Å². The Kier molecular flexibility index (Phi) is 4.50. The molecule has 28 heavy (non-hydrogen) atoms. The number of imidazole rings is 1. The molecule has 0 atom stereocenters. The Morgan fingerprint density at radius 3 is 2.68 bits per heavy atom. The maximum Gasteiger partial charge on any atom is 0.416 e. The van der Waals surface area contributed by atoms with E-state index in [-0.39, 0.29) is 23.8 Å². The van der Waals surface area contributed by atoms with Crippen molar-refractivity contribution in [2.75, 3.05) is 5.32 Å². The van der Waals surface area contributed by atoms with E-state index < -0.39 is 17.6 Å². The molecule has 1 N–H and O–H groups in total. The monoisotopic (exact) mass is 453 g/mol. The second-order valence-corrected chi connectivity index (χ2v) is 6.64. The molecule has 3 heterocycles. The lowest BCUT2D eigenvalue weighted by molar-refractivity contribution is -0.137. The highest BCUT2D eigenvalue weighted by Gasteiger charge is 2.31. The highest BCUT2D eigenvalue weighted by atomic mass is 79.9. The van der Waals surface area contributed by atoms with Crippen molar-refractivity contribution in [3.8, 4) is 0 Å². The van der Waals surface area contributed by atoms with Crippen LogP contribution in [-0.2, 0) is 12.7 Å². The van der Waals surface area contributed by atoms with Gasteiger partial charge in [-0.15, -0.1) is 0 Å². The summed E-state index contributed by atoms with van der Waals surface area (Å²) in [6.07, 6.45) is -3.02. The van der Waals surface area contributed by atoms with Gasteiger partial charge in [-0.2, -0.15) is 13.2 Å². The molecule has 0 radical (unpaired) electrons. The van der Waals surface area contributed by atoms with Gasteiger partial charge in [-0.05, 0) is 58.4 Å². The van der Waals surface area contributed by atoms with Crippen molar-refractivity contribution in [3.63, 3.8) is 0 Å². The van der Waals surface area contributed by atoms with E-state index in [0.717, 1.165) is 12.1 Å². The first kappa shape index (κ1) is 18.4. The van der Waals surface area contributed by atoms with E-state index in [2.05, 4.69) is 26.2 Å². The molecule has 0 aliphatic carbocycles. The summed E-state index contributed by atoms with van der Waals surface area (Å²) < 4.78 is 51.5. The Morgan fingerprint density at radius 2 is 2.04 bits per heavy atom. The van der Waals surface area contributed by atoms with E-state index in [1.807, 2.05) is 0 Å². The Hall–Kier alpha value is -3.01. The third-order valence-electron chi connectivity index (χ3n) is 3.99. The Labute approximate surface area is 164 Å². The molecule has 3 aromatic heterocycles. The maximum atomic E-state index is 13.0. The number of benzene rings is 1. The third kappa shape index (κ3) is 3.55. The van der Waals surface area contributed by atoms with Crippen LogP contribution in [-0.4, -0.2) is 15.5 Å². The van der Waals surface area contributed by atoms with Crippen molar-refractivity contribution >= 4 is 38.8 Å². The first-order chi connectivity index (χ1) is 13.3. The van der Waals surface area contributed by atoms with Crippen LogP contribution < -0.4 is 5.32 Å². The molecule has 144 valence electrons. The summed E-state index contributed by atoms with van der Waals surface area (Å²) in [5, 5.41) is 2.58. The minimum atomic E-state index is -4.50. The van der Waals surface area contributed by atoms with Crippen LogP contribution in [0.5, 0.6) is 0 Å². The first-order valence-corrected chi connectivity index (χ1v) is 8.77. The van der Waals surface area contributed by atoms with E-state index in [1.54, 1.807) is 22.8 Å². The molecule has 10 heteroatoms. The number of nitrogens with one attached hydrogen (secondary N) is 1. The van der Waals surface area contributed by atoms with Crippen molar-refractivity contribution < 1.29 is 26.8 Å². The second-order valence-electron chi connectivity index (χ2n) is 5.86. The molecule has 0 fully saturated rings. The number of rotatable bonds is 4. The lowest BCUT2D eigenvalue weighted by Gasteiger charge is -2.09. The summed E-state index contributed by atoms with van der Waals surface area (Å²) in [4.78, 5) is 16.6. The highest BCUT2D eigenvalue weighted by Crippen LogP contribution is 2.32. The van der Waals surface area contributed by atoms with Crippen LogP contribution in [0.15, 0.2) is 62.2 Å². The van der Waals surface area contributed by atoms with Gasteiger partial charge in [0.1, 0.15) is 5.76 Å². The molecule has 1 amide bonds. The van der Waals surface area contributed by atoms with E-state index in [0.29, 0.717) is 15.9 Å². The molecule has 0 spiro atoms. The van der Waals surface area contributed by atoms with Crippen molar-refractivity contribution in [2.24, 2.45) is 0 Å². The largest absolute Gasteiger partial charge is 0.467 e. The van der Waals surface area contributed by atoms with E-state index in [1.165, 1.54) is 18.4 Å². The molecule has 0 unspecified atom stereocenters. The number of alkyl halides is 3. The number of aromatic nitrogens is 2.